The number of hydrogen-bond acceptors (Lipinski definition) is 2. The van der Waals surface area contributed by atoms with Crippen LogP contribution in [0.2, 0.25) is 0 Å². The van der Waals surface area contributed by atoms with Gasteiger partial charge in [-0.25, -0.2) is 0 Å². The number of piperidine rings is 1. The summed E-state index contributed by atoms with van der Waals surface area (Å²) in [4.78, 5) is 2.42. The van der Waals surface area contributed by atoms with Crippen LogP contribution >= 0.6 is 0 Å². The minimum atomic E-state index is 0.612. The van der Waals surface area contributed by atoms with E-state index in [1.54, 1.807) is 0 Å². The summed E-state index contributed by atoms with van der Waals surface area (Å²) in [5.41, 5.74) is 2.90. The molecule has 3 rings (SSSR count). The van der Waals surface area contributed by atoms with E-state index < -0.39 is 0 Å². The fourth-order valence-corrected chi connectivity index (χ4v) is 2.99. The van der Waals surface area contributed by atoms with Gasteiger partial charge in [-0.3, -0.25) is 4.68 Å². The van der Waals surface area contributed by atoms with Gasteiger partial charge in [-0.1, -0.05) is 13.8 Å². The van der Waals surface area contributed by atoms with Gasteiger partial charge in [-0.05, 0) is 57.3 Å². The quantitative estimate of drug-likeness (QED) is 0.818. The van der Waals surface area contributed by atoms with E-state index in [9.17, 15) is 0 Å². The zero-order valence-corrected chi connectivity index (χ0v) is 11.9. The molecule has 1 saturated carbocycles. The van der Waals surface area contributed by atoms with Gasteiger partial charge < -0.3 is 4.90 Å². The number of aromatic nitrogens is 2. The Morgan fingerprint density at radius 3 is 2.39 bits per heavy atom. The van der Waals surface area contributed by atoms with Crippen molar-refractivity contribution < 1.29 is 0 Å². The van der Waals surface area contributed by atoms with E-state index >= 15 is 0 Å². The molecule has 0 radical (unpaired) electrons. The lowest BCUT2D eigenvalue weighted by molar-refractivity contribution is 0.212. The van der Waals surface area contributed by atoms with Crippen molar-refractivity contribution >= 4 is 0 Å². The second kappa shape index (κ2) is 4.69. The van der Waals surface area contributed by atoms with Gasteiger partial charge in [0, 0.05) is 12.1 Å². The fourth-order valence-electron chi connectivity index (χ4n) is 2.99. The van der Waals surface area contributed by atoms with Crippen LogP contribution in [0.5, 0.6) is 0 Å². The first kappa shape index (κ1) is 12.2. The van der Waals surface area contributed by atoms with Crippen molar-refractivity contribution in [3.05, 3.63) is 17.5 Å². The molecule has 1 aliphatic heterocycles. The van der Waals surface area contributed by atoms with Crippen molar-refractivity contribution in [3.63, 3.8) is 0 Å². The molecule has 0 bridgehead atoms. The monoisotopic (exact) mass is 247 g/mol. The van der Waals surface area contributed by atoms with Gasteiger partial charge >= 0.3 is 0 Å². The molecule has 2 fully saturated rings. The average Bonchev–Trinajstić information content (AvgIpc) is 3.09. The molecular formula is C15H25N3. The highest BCUT2D eigenvalue weighted by Crippen LogP contribution is 2.43. The molecule has 2 aliphatic rings. The van der Waals surface area contributed by atoms with Crippen LogP contribution in [-0.2, 0) is 0 Å². The van der Waals surface area contributed by atoms with Crippen molar-refractivity contribution in [1.29, 1.82) is 0 Å². The smallest absolute Gasteiger partial charge is 0.0690 e. The Bertz CT molecular complexity index is 390. The first-order valence-electron chi connectivity index (χ1n) is 7.42. The van der Waals surface area contributed by atoms with Crippen LogP contribution < -0.4 is 0 Å². The zero-order chi connectivity index (χ0) is 12.7. The number of hydrogen-bond donors (Lipinski definition) is 0. The molecule has 0 aromatic carbocycles. The molecule has 1 saturated heterocycles. The van der Waals surface area contributed by atoms with E-state index in [4.69, 9.17) is 5.10 Å². The SMILES string of the molecule is CC(C)c1cn(C2CCN(C)CC2)nc1C1CC1. The van der Waals surface area contributed by atoms with Crippen molar-refractivity contribution in [3.8, 4) is 0 Å². The van der Waals surface area contributed by atoms with Gasteiger partial charge in [0.2, 0.25) is 0 Å². The molecule has 0 unspecified atom stereocenters. The molecular weight excluding hydrogens is 222 g/mol. The van der Waals surface area contributed by atoms with Crippen molar-refractivity contribution in [2.45, 2.75) is 57.4 Å². The summed E-state index contributed by atoms with van der Waals surface area (Å²) in [6.07, 6.45) is 7.54. The Morgan fingerprint density at radius 1 is 1.17 bits per heavy atom. The molecule has 0 spiro atoms. The van der Waals surface area contributed by atoms with Crippen LogP contribution in [0, 0.1) is 0 Å². The second-order valence-electron chi connectivity index (χ2n) is 6.41. The number of likely N-dealkylation sites (tertiary alicyclic amines) is 1. The predicted octanol–water partition coefficient (Wildman–Crippen LogP) is 3.15. The Hall–Kier alpha value is -0.830. The topological polar surface area (TPSA) is 21.1 Å². The Labute approximate surface area is 110 Å². The van der Waals surface area contributed by atoms with Crippen LogP contribution in [-0.4, -0.2) is 34.8 Å². The standard InChI is InChI=1S/C15H25N3/c1-11(2)14-10-18(16-15(14)12-4-5-12)13-6-8-17(3)9-7-13/h10-13H,4-9H2,1-3H3. The molecule has 1 aromatic rings. The molecule has 18 heavy (non-hydrogen) atoms. The average molecular weight is 247 g/mol. The summed E-state index contributed by atoms with van der Waals surface area (Å²) in [6.45, 7) is 7.00. The maximum absolute atomic E-state index is 4.94. The van der Waals surface area contributed by atoms with E-state index in [0.29, 0.717) is 12.0 Å². The number of rotatable bonds is 3. The largest absolute Gasteiger partial charge is 0.306 e. The van der Waals surface area contributed by atoms with Crippen LogP contribution in [0.4, 0.5) is 0 Å². The van der Waals surface area contributed by atoms with Gasteiger partial charge in [0.25, 0.3) is 0 Å². The lowest BCUT2D eigenvalue weighted by Gasteiger charge is -2.29. The third-order valence-corrected chi connectivity index (χ3v) is 4.44. The minimum absolute atomic E-state index is 0.612. The lowest BCUT2D eigenvalue weighted by Crippen LogP contribution is -2.31. The molecule has 2 heterocycles. The van der Waals surface area contributed by atoms with Crippen molar-refractivity contribution in [1.82, 2.24) is 14.7 Å². The Balaban J connectivity index is 1.81. The maximum atomic E-state index is 4.94. The zero-order valence-electron chi connectivity index (χ0n) is 11.9. The third-order valence-electron chi connectivity index (χ3n) is 4.44. The maximum Gasteiger partial charge on any atom is 0.0690 e. The van der Waals surface area contributed by atoms with E-state index in [-0.39, 0.29) is 0 Å². The van der Waals surface area contributed by atoms with Crippen LogP contribution in [0.1, 0.15) is 68.7 Å². The Morgan fingerprint density at radius 2 is 1.83 bits per heavy atom. The van der Waals surface area contributed by atoms with Gasteiger partial charge in [-0.15, -0.1) is 0 Å². The molecule has 0 amide bonds. The molecule has 3 heteroatoms. The predicted molar refractivity (Wildman–Crippen MR) is 74.1 cm³/mol. The summed E-state index contributed by atoms with van der Waals surface area (Å²) < 4.78 is 2.29. The van der Waals surface area contributed by atoms with Crippen LogP contribution in [0.3, 0.4) is 0 Å². The molecule has 3 nitrogen and oxygen atoms in total. The first-order valence-corrected chi connectivity index (χ1v) is 7.42. The third kappa shape index (κ3) is 2.33. The lowest BCUT2D eigenvalue weighted by atomic mass is 10.0. The van der Waals surface area contributed by atoms with E-state index in [1.165, 1.54) is 50.0 Å². The summed E-state index contributed by atoms with van der Waals surface area (Å²) in [6, 6.07) is 0.631. The van der Waals surface area contributed by atoms with Crippen molar-refractivity contribution in [2.24, 2.45) is 0 Å². The fraction of sp³-hybridized carbons (Fsp3) is 0.800. The summed E-state index contributed by atoms with van der Waals surface area (Å²) >= 11 is 0. The van der Waals surface area contributed by atoms with Gasteiger partial charge in [0.05, 0.1) is 11.7 Å². The molecule has 0 atom stereocenters. The summed E-state index contributed by atoms with van der Waals surface area (Å²) in [7, 11) is 2.22. The first-order chi connectivity index (χ1) is 8.65. The second-order valence-corrected chi connectivity index (χ2v) is 6.41. The molecule has 100 valence electrons. The van der Waals surface area contributed by atoms with E-state index in [0.717, 1.165) is 5.92 Å². The van der Waals surface area contributed by atoms with Gasteiger partial charge in [0.1, 0.15) is 0 Å². The highest BCUT2D eigenvalue weighted by molar-refractivity contribution is 5.27. The number of nitrogens with zero attached hydrogens (tertiary/aromatic N) is 3. The van der Waals surface area contributed by atoms with Crippen LogP contribution in [0.15, 0.2) is 6.20 Å². The van der Waals surface area contributed by atoms with E-state index in [2.05, 4.69) is 36.7 Å². The van der Waals surface area contributed by atoms with Gasteiger partial charge in [0.15, 0.2) is 0 Å². The van der Waals surface area contributed by atoms with E-state index in [1.807, 2.05) is 0 Å². The molecule has 0 N–H and O–H groups in total. The van der Waals surface area contributed by atoms with Crippen molar-refractivity contribution in [2.75, 3.05) is 20.1 Å². The summed E-state index contributed by atoms with van der Waals surface area (Å²) in [5, 5.41) is 4.94. The van der Waals surface area contributed by atoms with Gasteiger partial charge in [-0.2, -0.15) is 5.10 Å². The molecule has 1 aliphatic carbocycles. The van der Waals surface area contributed by atoms with Crippen LogP contribution in [0.25, 0.3) is 0 Å². The Kier molecular flexibility index (Phi) is 3.18. The highest BCUT2D eigenvalue weighted by atomic mass is 15.3. The minimum Gasteiger partial charge on any atom is -0.306 e. The highest BCUT2D eigenvalue weighted by Gasteiger charge is 2.31. The summed E-state index contributed by atoms with van der Waals surface area (Å²) in [5.74, 6) is 1.38. The normalized spacial score (nSPS) is 22.9. The molecule has 1 aromatic heterocycles.